The number of hydrogen-bond acceptors (Lipinski definition) is 4. The number of hydrogen-bond donors (Lipinski definition) is 1. The first kappa shape index (κ1) is 14.0. The summed E-state index contributed by atoms with van der Waals surface area (Å²) < 4.78 is 51.8. The molecule has 0 radical (unpaired) electrons. The number of amides is 1. The highest BCUT2D eigenvalue weighted by Crippen LogP contribution is 2.24. The van der Waals surface area contributed by atoms with Crippen LogP contribution < -0.4 is 5.43 Å². The molecule has 108 valence electrons. The lowest BCUT2D eigenvalue weighted by atomic mass is 10.3. The maximum atomic E-state index is 12.7. The Morgan fingerprint density at radius 2 is 1.85 bits per heavy atom. The van der Waals surface area contributed by atoms with E-state index < -0.39 is 36.7 Å². The first-order valence-electron chi connectivity index (χ1n) is 5.26. The van der Waals surface area contributed by atoms with Gasteiger partial charge in [0.05, 0.1) is 0 Å². The normalized spacial score (nSPS) is 11.3. The van der Waals surface area contributed by atoms with E-state index in [1.54, 1.807) is 0 Å². The first-order chi connectivity index (χ1) is 9.47. The quantitative estimate of drug-likeness (QED) is 0.838. The van der Waals surface area contributed by atoms with Crippen LogP contribution >= 0.6 is 0 Å². The summed E-state index contributed by atoms with van der Waals surface area (Å²) in [6.45, 7) is -0.634. The number of nitrogens with zero attached hydrogens (tertiary/aromatic N) is 5. The highest BCUT2D eigenvalue weighted by Gasteiger charge is 2.22. The van der Waals surface area contributed by atoms with Crippen LogP contribution in [0.2, 0.25) is 0 Å². The van der Waals surface area contributed by atoms with Crippen LogP contribution in [0, 0.1) is 0 Å². The van der Waals surface area contributed by atoms with Gasteiger partial charge in [0, 0.05) is 0 Å². The molecule has 0 aromatic carbocycles. The Balaban J connectivity index is 2.13. The molecule has 2 aromatic heterocycles. The molecule has 1 amide bonds. The van der Waals surface area contributed by atoms with E-state index in [9.17, 15) is 22.4 Å². The number of carbonyl (C=O) groups excluding carboxylic acids is 1. The zero-order valence-electron chi connectivity index (χ0n) is 9.75. The summed E-state index contributed by atoms with van der Waals surface area (Å²) in [5, 5.41) is 10.1. The number of nitrogens with one attached hydrogen (secondary N) is 1. The zero-order chi connectivity index (χ0) is 14.7. The van der Waals surface area contributed by atoms with Gasteiger partial charge in [0.2, 0.25) is 0 Å². The Labute approximate surface area is 109 Å². The highest BCUT2D eigenvalue weighted by atomic mass is 19.3. The second kappa shape index (κ2) is 5.67. The maximum Gasteiger partial charge on any atom is 0.282 e. The van der Waals surface area contributed by atoms with Crippen molar-refractivity contribution in [2.75, 3.05) is 5.43 Å². The predicted octanol–water partition coefficient (Wildman–Crippen LogP) is 1.12. The van der Waals surface area contributed by atoms with E-state index >= 15 is 0 Å². The topological polar surface area (TPSA) is 77.6 Å². The Morgan fingerprint density at radius 3 is 2.40 bits per heavy atom. The summed E-state index contributed by atoms with van der Waals surface area (Å²) in [6, 6.07) is 0.571. The van der Waals surface area contributed by atoms with Gasteiger partial charge in [-0.2, -0.15) is 5.10 Å². The number of aromatic nitrogens is 5. The standard InChI is InChI=1S/C9H8F4N6O/c10-8(11)5-1-6(9(12)13)19(16-5)2-7(20)17-18-3-14-15-4-18/h1,3-4,8-9H,2H2,(H,17,20). The second-order valence-corrected chi connectivity index (χ2v) is 3.66. The van der Waals surface area contributed by atoms with Gasteiger partial charge in [-0.1, -0.05) is 0 Å². The summed E-state index contributed by atoms with van der Waals surface area (Å²) >= 11 is 0. The maximum absolute atomic E-state index is 12.7. The minimum atomic E-state index is -3.02. The first-order valence-corrected chi connectivity index (χ1v) is 5.26. The molecule has 0 aliphatic heterocycles. The van der Waals surface area contributed by atoms with Gasteiger partial charge in [0.1, 0.15) is 30.6 Å². The molecular formula is C9H8F4N6O. The van der Waals surface area contributed by atoms with Gasteiger partial charge in [-0.15, -0.1) is 10.2 Å². The Hall–Kier alpha value is -2.46. The average molecular weight is 292 g/mol. The highest BCUT2D eigenvalue weighted by molar-refractivity contribution is 5.83. The molecule has 0 bridgehead atoms. The van der Waals surface area contributed by atoms with E-state index in [1.165, 1.54) is 12.7 Å². The molecule has 0 aliphatic carbocycles. The van der Waals surface area contributed by atoms with E-state index in [2.05, 4.69) is 20.7 Å². The summed E-state index contributed by atoms with van der Waals surface area (Å²) in [5.74, 6) is -0.740. The SMILES string of the molecule is O=C(Cn1nc(C(F)F)cc1C(F)F)Nn1cnnc1. The second-order valence-electron chi connectivity index (χ2n) is 3.66. The van der Waals surface area contributed by atoms with Crippen molar-refractivity contribution in [3.63, 3.8) is 0 Å². The van der Waals surface area contributed by atoms with Gasteiger partial charge in [0.15, 0.2) is 0 Å². The predicted molar refractivity (Wildman–Crippen MR) is 56.5 cm³/mol. The molecule has 11 heteroatoms. The summed E-state index contributed by atoms with van der Waals surface area (Å²) in [4.78, 5) is 11.6. The molecule has 1 N–H and O–H groups in total. The van der Waals surface area contributed by atoms with Gasteiger partial charge in [-0.3, -0.25) is 14.9 Å². The van der Waals surface area contributed by atoms with E-state index in [0.29, 0.717) is 10.7 Å². The number of halogens is 4. The number of carbonyl (C=O) groups is 1. The van der Waals surface area contributed by atoms with Crippen molar-refractivity contribution >= 4 is 5.91 Å². The van der Waals surface area contributed by atoms with Crippen LogP contribution in [-0.4, -0.2) is 30.6 Å². The van der Waals surface area contributed by atoms with Crippen molar-refractivity contribution in [2.24, 2.45) is 0 Å². The van der Waals surface area contributed by atoms with Crippen LogP contribution in [0.5, 0.6) is 0 Å². The molecule has 0 saturated carbocycles. The minimum Gasteiger partial charge on any atom is -0.271 e. The van der Waals surface area contributed by atoms with Crippen molar-refractivity contribution in [3.8, 4) is 0 Å². The van der Waals surface area contributed by atoms with Crippen molar-refractivity contribution in [3.05, 3.63) is 30.1 Å². The molecule has 0 aliphatic rings. The molecule has 7 nitrogen and oxygen atoms in total. The largest absolute Gasteiger partial charge is 0.282 e. The number of alkyl halides is 4. The summed E-state index contributed by atoms with van der Waals surface area (Å²) in [6.07, 6.45) is -3.67. The molecule has 0 saturated heterocycles. The number of rotatable bonds is 5. The lowest BCUT2D eigenvalue weighted by Gasteiger charge is -2.07. The van der Waals surface area contributed by atoms with Crippen molar-refractivity contribution in [1.29, 1.82) is 0 Å². The van der Waals surface area contributed by atoms with Crippen LogP contribution in [0.1, 0.15) is 24.2 Å². The van der Waals surface area contributed by atoms with Crippen LogP contribution in [0.25, 0.3) is 0 Å². The van der Waals surface area contributed by atoms with Gasteiger partial charge in [0.25, 0.3) is 18.8 Å². The molecule has 0 unspecified atom stereocenters. The van der Waals surface area contributed by atoms with Gasteiger partial charge < -0.3 is 0 Å². The molecule has 2 rings (SSSR count). The third kappa shape index (κ3) is 3.10. The summed E-state index contributed by atoms with van der Waals surface area (Å²) in [5.41, 5.74) is 0.676. The molecule has 0 spiro atoms. The van der Waals surface area contributed by atoms with E-state index in [0.717, 1.165) is 4.68 Å². The van der Waals surface area contributed by atoms with Crippen LogP contribution in [0.3, 0.4) is 0 Å². The van der Waals surface area contributed by atoms with Crippen molar-refractivity contribution < 1.29 is 22.4 Å². The van der Waals surface area contributed by atoms with E-state index in [1.807, 2.05) is 0 Å². The zero-order valence-corrected chi connectivity index (χ0v) is 9.75. The van der Waals surface area contributed by atoms with Crippen molar-refractivity contribution in [2.45, 2.75) is 19.4 Å². The molecule has 20 heavy (non-hydrogen) atoms. The van der Waals surface area contributed by atoms with Crippen molar-refractivity contribution in [1.82, 2.24) is 24.7 Å². The fraction of sp³-hybridized carbons (Fsp3) is 0.333. The van der Waals surface area contributed by atoms with Gasteiger partial charge in [-0.25, -0.2) is 22.2 Å². The van der Waals surface area contributed by atoms with Crippen LogP contribution in [0.4, 0.5) is 17.6 Å². The third-order valence-electron chi connectivity index (χ3n) is 2.24. The van der Waals surface area contributed by atoms with Gasteiger partial charge in [-0.05, 0) is 6.07 Å². The molecule has 0 fully saturated rings. The van der Waals surface area contributed by atoms with Gasteiger partial charge >= 0.3 is 0 Å². The smallest absolute Gasteiger partial charge is 0.271 e. The molecule has 2 aromatic rings. The Kier molecular flexibility index (Phi) is 3.96. The van der Waals surface area contributed by atoms with Crippen LogP contribution in [-0.2, 0) is 11.3 Å². The summed E-state index contributed by atoms with van der Waals surface area (Å²) in [7, 11) is 0. The fourth-order valence-corrected chi connectivity index (χ4v) is 1.43. The molecule has 0 atom stereocenters. The van der Waals surface area contributed by atoms with E-state index in [4.69, 9.17) is 0 Å². The third-order valence-corrected chi connectivity index (χ3v) is 2.24. The Bertz CT molecular complexity index is 581. The average Bonchev–Trinajstić information content (AvgIpc) is 2.98. The Morgan fingerprint density at radius 1 is 1.20 bits per heavy atom. The molecule has 2 heterocycles. The fourth-order valence-electron chi connectivity index (χ4n) is 1.43. The van der Waals surface area contributed by atoms with E-state index in [-0.39, 0.29) is 0 Å². The lowest BCUT2D eigenvalue weighted by Crippen LogP contribution is -2.27. The van der Waals surface area contributed by atoms with Crippen LogP contribution in [0.15, 0.2) is 18.7 Å². The lowest BCUT2D eigenvalue weighted by molar-refractivity contribution is -0.117. The molecular weight excluding hydrogens is 284 g/mol. The monoisotopic (exact) mass is 292 g/mol. The minimum absolute atomic E-state index is 0.534.